The summed E-state index contributed by atoms with van der Waals surface area (Å²) in [6.07, 6.45) is 4.70. The minimum atomic E-state index is -3.49. The van der Waals surface area contributed by atoms with Crippen LogP contribution < -0.4 is 0 Å². The molecule has 112 valence electrons. The number of hydrogen-bond acceptors (Lipinski definition) is 3. The molecule has 21 heavy (non-hydrogen) atoms. The van der Waals surface area contributed by atoms with Gasteiger partial charge in [-0.2, -0.15) is 4.31 Å². The minimum absolute atomic E-state index is 0.138. The molecule has 0 N–H and O–H groups in total. The van der Waals surface area contributed by atoms with Crippen molar-refractivity contribution in [2.45, 2.75) is 30.2 Å². The van der Waals surface area contributed by atoms with Crippen LogP contribution in [0.15, 0.2) is 41.4 Å². The van der Waals surface area contributed by atoms with Gasteiger partial charge < -0.3 is 0 Å². The maximum Gasteiger partial charge on any atom is 0.244 e. The van der Waals surface area contributed by atoms with Crippen LogP contribution in [0.1, 0.15) is 19.3 Å². The van der Waals surface area contributed by atoms with Gasteiger partial charge in [-0.15, -0.1) is 0 Å². The molecule has 1 aromatic carbocycles. The molecule has 2 aromatic rings. The number of aromatic nitrogens is 1. The van der Waals surface area contributed by atoms with E-state index in [-0.39, 0.29) is 6.04 Å². The molecule has 1 aliphatic carbocycles. The van der Waals surface area contributed by atoms with Crippen LogP contribution in [0.4, 0.5) is 0 Å². The molecule has 1 fully saturated rings. The summed E-state index contributed by atoms with van der Waals surface area (Å²) in [4.78, 5) is 4.61. The van der Waals surface area contributed by atoms with E-state index in [4.69, 9.17) is 0 Å². The Hall–Kier alpha value is -0.980. The summed E-state index contributed by atoms with van der Waals surface area (Å²) in [6, 6.07) is 9.02. The molecule has 0 saturated heterocycles. The standard InChI is InChI=1S/C15H17BrN2O2S/c16-9-11-18(12-4-1-5-12)21(19,20)15-8-2-7-14-13(15)6-3-10-17-14/h2-3,6-8,10,12H,1,4-5,9,11H2. The lowest BCUT2D eigenvalue weighted by molar-refractivity contribution is 0.228. The summed E-state index contributed by atoms with van der Waals surface area (Å²) >= 11 is 3.37. The van der Waals surface area contributed by atoms with Gasteiger partial charge in [0, 0.05) is 29.5 Å². The smallest absolute Gasteiger partial charge is 0.244 e. The first kappa shape index (κ1) is 14.9. The van der Waals surface area contributed by atoms with Crippen molar-refractivity contribution in [2.24, 2.45) is 0 Å². The Kier molecular flexibility index (Phi) is 4.28. The van der Waals surface area contributed by atoms with E-state index in [0.717, 1.165) is 19.3 Å². The van der Waals surface area contributed by atoms with Crippen molar-refractivity contribution in [2.75, 3.05) is 11.9 Å². The van der Waals surface area contributed by atoms with Crippen molar-refractivity contribution >= 4 is 36.9 Å². The predicted octanol–water partition coefficient (Wildman–Crippen LogP) is 3.17. The van der Waals surface area contributed by atoms with Crippen LogP contribution in [-0.4, -0.2) is 35.6 Å². The van der Waals surface area contributed by atoms with Gasteiger partial charge >= 0.3 is 0 Å². The SMILES string of the molecule is O=S(=O)(c1cccc2ncccc12)N(CCBr)C1CCC1. The Morgan fingerprint density at radius 1 is 1.24 bits per heavy atom. The summed E-state index contributed by atoms with van der Waals surface area (Å²) in [7, 11) is -3.49. The van der Waals surface area contributed by atoms with Crippen molar-refractivity contribution in [1.29, 1.82) is 0 Å². The normalized spacial score (nSPS) is 16.3. The molecule has 0 spiro atoms. The second-order valence-electron chi connectivity index (χ2n) is 5.22. The number of halogens is 1. The predicted molar refractivity (Wildman–Crippen MR) is 87.1 cm³/mol. The molecule has 1 aromatic heterocycles. The second kappa shape index (κ2) is 6.02. The van der Waals surface area contributed by atoms with Crippen LogP contribution in [0.2, 0.25) is 0 Å². The summed E-state index contributed by atoms with van der Waals surface area (Å²) < 4.78 is 27.7. The molecule has 0 aliphatic heterocycles. The Labute approximate surface area is 133 Å². The number of fused-ring (bicyclic) bond motifs is 1. The zero-order valence-electron chi connectivity index (χ0n) is 11.6. The number of alkyl halides is 1. The monoisotopic (exact) mass is 368 g/mol. The maximum absolute atomic E-state index is 13.0. The first-order valence-corrected chi connectivity index (χ1v) is 9.62. The maximum atomic E-state index is 13.0. The third-order valence-corrected chi connectivity index (χ3v) is 6.34. The largest absolute Gasteiger partial charge is 0.256 e. The molecule has 3 rings (SSSR count). The van der Waals surface area contributed by atoms with Crippen molar-refractivity contribution in [3.8, 4) is 0 Å². The molecule has 0 unspecified atom stereocenters. The zero-order valence-corrected chi connectivity index (χ0v) is 14.0. The summed E-state index contributed by atoms with van der Waals surface area (Å²) in [6.45, 7) is 0.504. The first-order valence-electron chi connectivity index (χ1n) is 7.06. The van der Waals surface area contributed by atoms with Crippen LogP contribution in [-0.2, 0) is 10.0 Å². The molecule has 0 amide bonds. The van der Waals surface area contributed by atoms with Crippen LogP contribution in [0.25, 0.3) is 10.9 Å². The van der Waals surface area contributed by atoms with Gasteiger partial charge in [-0.1, -0.05) is 28.4 Å². The number of rotatable bonds is 5. The van der Waals surface area contributed by atoms with E-state index in [1.165, 1.54) is 0 Å². The second-order valence-corrected chi connectivity index (χ2v) is 7.87. The quantitative estimate of drug-likeness (QED) is 0.761. The Balaban J connectivity index is 2.10. The topological polar surface area (TPSA) is 50.3 Å². The highest BCUT2D eigenvalue weighted by Gasteiger charge is 2.35. The molecular weight excluding hydrogens is 352 g/mol. The van der Waals surface area contributed by atoms with Gasteiger partial charge in [0.1, 0.15) is 0 Å². The molecule has 4 nitrogen and oxygen atoms in total. The third kappa shape index (κ3) is 2.72. The van der Waals surface area contributed by atoms with Gasteiger partial charge in [-0.25, -0.2) is 8.42 Å². The summed E-state index contributed by atoms with van der Waals surface area (Å²) in [5.74, 6) is 0. The number of benzene rings is 1. The van der Waals surface area contributed by atoms with Crippen LogP contribution in [0.3, 0.4) is 0 Å². The van der Waals surface area contributed by atoms with Crippen molar-refractivity contribution in [3.05, 3.63) is 36.5 Å². The van der Waals surface area contributed by atoms with E-state index in [0.29, 0.717) is 27.7 Å². The van der Waals surface area contributed by atoms with E-state index in [1.54, 1.807) is 28.7 Å². The van der Waals surface area contributed by atoms with Gasteiger partial charge in [0.2, 0.25) is 10.0 Å². The highest BCUT2D eigenvalue weighted by atomic mass is 79.9. The fourth-order valence-corrected chi connectivity index (χ4v) is 5.19. The molecule has 6 heteroatoms. The highest BCUT2D eigenvalue weighted by Crippen LogP contribution is 2.32. The van der Waals surface area contributed by atoms with Crippen LogP contribution in [0.5, 0.6) is 0 Å². The first-order chi connectivity index (χ1) is 10.1. The summed E-state index contributed by atoms with van der Waals surface area (Å²) in [5.41, 5.74) is 0.714. The number of hydrogen-bond donors (Lipinski definition) is 0. The molecule has 0 atom stereocenters. The van der Waals surface area contributed by atoms with Gasteiger partial charge in [-0.3, -0.25) is 4.98 Å². The van der Waals surface area contributed by atoms with Gasteiger partial charge in [0.25, 0.3) is 0 Å². The zero-order chi connectivity index (χ0) is 14.9. The molecule has 1 heterocycles. The lowest BCUT2D eigenvalue weighted by Gasteiger charge is -2.36. The van der Waals surface area contributed by atoms with Crippen LogP contribution in [0, 0.1) is 0 Å². The van der Waals surface area contributed by atoms with Crippen molar-refractivity contribution < 1.29 is 8.42 Å². The fraction of sp³-hybridized carbons (Fsp3) is 0.400. The van der Waals surface area contributed by atoms with Crippen molar-refractivity contribution in [3.63, 3.8) is 0 Å². The highest BCUT2D eigenvalue weighted by molar-refractivity contribution is 9.09. The average Bonchev–Trinajstić information content (AvgIpc) is 2.44. The van der Waals surface area contributed by atoms with E-state index in [1.807, 2.05) is 12.1 Å². The van der Waals surface area contributed by atoms with Gasteiger partial charge in [0.05, 0.1) is 10.4 Å². The number of pyridine rings is 1. The fourth-order valence-electron chi connectivity index (χ4n) is 2.68. The Morgan fingerprint density at radius 3 is 2.71 bits per heavy atom. The molecule has 0 radical (unpaired) electrons. The Bertz CT molecular complexity index is 739. The Morgan fingerprint density at radius 2 is 2.05 bits per heavy atom. The van der Waals surface area contributed by atoms with Crippen LogP contribution >= 0.6 is 15.9 Å². The number of nitrogens with zero attached hydrogens (tertiary/aromatic N) is 2. The minimum Gasteiger partial charge on any atom is -0.256 e. The van der Waals surface area contributed by atoms with E-state index < -0.39 is 10.0 Å². The van der Waals surface area contributed by atoms with Crippen molar-refractivity contribution in [1.82, 2.24) is 9.29 Å². The average molecular weight is 369 g/mol. The molecular formula is C15H17BrN2O2S. The van der Waals surface area contributed by atoms with E-state index in [9.17, 15) is 8.42 Å². The van der Waals surface area contributed by atoms with E-state index >= 15 is 0 Å². The number of sulfonamides is 1. The van der Waals surface area contributed by atoms with Gasteiger partial charge in [0.15, 0.2) is 0 Å². The lowest BCUT2D eigenvalue weighted by Crippen LogP contribution is -2.45. The molecule has 1 saturated carbocycles. The summed E-state index contributed by atoms with van der Waals surface area (Å²) in [5, 5.41) is 1.34. The van der Waals surface area contributed by atoms with Gasteiger partial charge in [-0.05, 0) is 37.1 Å². The molecule has 1 aliphatic rings. The third-order valence-electron chi connectivity index (χ3n) is 3.98. The van der Waals surface area contributed by atoms with E-state index in [2.05, 4.69) is 20.9 Å². The molecule has 0 bridgehead atoms. The lowest BCUT2D eigenvalue weighted by atomic mass is 9.93.